The second-order valence-electron chi connectivity index (χ2n) is 6.44. The highest BCUT2D eigenvalue weighted by molar-refractivity contribution is 6.13. The maximum atomic E-state index is 13.0. The number of nitrogens with two attached hydrogens (primary N) is 1. The Morgan fingerprint density at radius 1 is 1.23 bits per heavy atom. The minimum atomic E-state index is -0.323. The number of anilines is 2. The molecule has 3 aromatic rings. The lowest BCUT2D eigenvalue weighted by atomic mass is 10.0. The van der Waals surface area contributed by atoms with Crippen molar-refractivity contribution in [2.24, 2.45) is 0 Å². The van der Waals surface area contributed by atoms with Gasteiger partial charge in [0.05, 0.1) is 28.0 Å². The third kappa shape index (κ3) is 2.59. The number of hydrogen-bond donors (Lipinski definition) is 2. The third-order valence-corrected chi connectivity index (χ3v) is 4.27. The molecule has 0 aliphatic carbocycles. The quantitative estimate of drug-likeness (QED) is 0.694. The van der Waals surface area contributed by atoms with E-state index in [4.69, 9.17) is 19.7 Å². The molecular weight excluding hydrogens is 336 g/mol. The number of nitrogen functional groups attached to an aromatic ring is 1. The molecule has 1 aliphatic heterocycles. The predicted molar refractivity (Wildman–Crippen MR) is 95.6 cm³/mol. The number of rotatable bonds is 3. The number of carbonyl (C=O) groups excluding carboxylic acids is 1. The molecule has 8 nitrogen and oxygen atoms in total. The number of carbonyl (C=O) groups is 1. The zero-order valence-corrected chi connectivity index (χ0v) is 14.6. The number of ether oxygens (including phenoxy) is 2. The molecule has 0 saturated heterocycles. The number of nitrogens with one attached hydrogen (secondary N) is 1. The van der Waals surface area contributed by atoms with Crippen molar-refractivity contribution in [2.75, 3.05) is 17.8 Å². The zero-order valence-electron chi connectivity index (χ0n) is 14.6. The molecule has 4 rings (SSSR count). The van der Waals surface area contributed by atoms with Crippen LogP contribution in [-0.2, 0) is 0 Å². The van der Waals surface area contributed by atoms with Gasteiger partial charge in [-0.3, -0.25) is 4.79 Å². The summed E-state index contributed by atoms with van der Waals surface area (Å²) in [6.07, 6.45) is 0. The summed E-state index contributed by atoms with van der Waals surface area (Å²) >= 11 is 0. The highest BCUT2D eigenvalue weighted by Crippen LogP contribution is 2.38. The SMILES string of the molecule is Cc1noc2nc(C(C)C)cc(C(=O)Nc3cc4c(cc3N)OCO4)c12. The molecule has 26 heavy (non-hydrogen) atoms. The highest BCUT2D eigenvalue weighted by Gasteiger charge is 2.22. The second kappa shape index (κ2) is 5.91. The largest absolute Gasteiger partial charge is 0.454 e. The van der Waals surface area contributed by atoms with Crippen LogP contribution >= 0.6 is 0 Å². The van der Waals surface area contributed by atoms with Gasteiger partial charge < -0.3 is 25.0 Å². The molecular formula is C18H18N4O4. The van der Waals surface area contributed by atoms with Gasteiger partial charge in [-0.05, 0) is 18.9 Å². The fourth-order valence-corrected chi connectivity index (χ4v) is 2.84. The molecule has 1 amide bonds. The molecule has 2 aromatic heterocycles. The lowest BCUT2D eigenvalue weighted by molar-refractivity contribution is 0.102. The summed E-state index contributed by atoms with van der Waals surface area (Å²) in [4.78, 5) is 17.4. The van der Waals surface area contributed by atoms with Gasteiger partial charge in [0.25, 0.3) is 11.6 Å². The number of amides is 1. The molecule has 1 aliphatic rings. The van der Waals surface area contributed by atoms with Crippen molar-refractivity contribution >= 4 is 28.4 Å². The number of nitrogens with zero attached hydrogens (tertiary/aromatic N) is 2. The van der Waals surface area contributed by atoms with Crippen molar-refractivity contribution in [3.63, 3.8) is 0 Å². The van der Waals surface area contributed by atoms with Crippen LogP contribution in [0.1, 0.15) is 41.5 Å². The second-order valence-corrected chi connectivity index (χ2v) is 6.44. The van der Waals surface area contributed by atoms with E-state index >= 15 is 0 Å². The Bertz CT molecular complexity index is 1030. The van der Waals surface area contributed by atoms with E-state index in [0.717, 1.165) is 5.69 Å². The van der Waals surface area contributed by atoms with Gasteiger partial charge in [0, 0.05) is 17.8 Å². The van der Waals surface area contributed by atoms with Crippen LogP contribution in [0.4, 0.5) is 11.4 Å². The van der Waals surface area contributed by atoms with E-state index in [1.165, 1.54) is 0 Å². The number of aryl methyl sites for hydroxylation is 1. The highest BCUT2D eigenvalue weighted by atomic mass is 16.7. The number of aromatic nitrogens is 2. The van der Waals surface area contributed by atoms with Crippen molar-refractivity contribution < 1.29 is 18.8 Å². The smallest absolute Gasteiger partial charge is 0.259 e. The normalized spacial score (nSPS) is 12.8. The van der Waals surface area contributed by atoms with Crippen molar-refractivity contribution in [2.45, 2.75) is 26.7 Å². The summed E-state index contributed by atoms with van der Waals surface area (Å²) in [6.45, 7) is 5.90. The van der Waals surface area contributed by atoms with E-state index < -0.39 is 0 Å². The topological polar surface area (TPSA) is 112 Å². The van der Waals surface area contributed by atoms with Crippen LogP contribution in [0, 0.1) is 6.92 Å². The first kappa shape index (κ1) is 16.2. The lowest BCUT2D eigenvalue weighted by Crippen LogP contribution is -2.15. The average Bonchev–Trinajstić information content (AvgIpc) is 3.20. The molecule has 3 N–H and O–H groups in total. The molecule has 0 atom stereocenters. The minimum Gasteiger partial charge on any atom is -0.454 e. The van der Waals surface area contributed by atoms with Crippen LogP contribution < -0.4 is 20.5 Å². The van der Waals surface area contributed by atoms with Gasteiger partial charge >= 0.3 is 0 Å². The summed E-state index contributed by atoms with van der Waals surface area (Å²) in [5.41, 5.74) is 9.00. The van der Waals surface area contributed by atoms with E-state index in [0.29, 0.717) is 45.2 Å². The first-order valence-electron chi connectivity index (χ1n) is 8.21. The van der Waals surface area contributed by atoms with Crippen LogP contribution in [-0.4, -0.2) is 22.8 Å². The van der Waals surface area contributed by atoms with Gasteiger partial charge in [0.1, 0.15) is 0 Å². The van der Waals surface area contributed by atoms with Gasteiger partial charge in [0.2, 0.25) is 6.79 Å². The molecule has 0 saturated carbocycles. The molecule has 0 unspecified atom stereocenters. The fraction of sp³-hybridized carbons (Fsp3) is 0.278. The molecule has 1 aromatic carbocycles. The van der Waals surface area contributed by atoms with Crippen molar-refractivity contribution in [3.8, 4) is 11.5 Å². The molecule has 3 heterocycles. The summed E-state index contributed by atoms with van der Waals surface area (Å²) in [5, 5.41) is 7.36. The maximum absolute atomic E-state index is 13.0. The molecule has 0 bridgehead atoms. The van der Waals surface area contributed by atoms with E-state index in [2.05, 4.69) is 15.5 Å². The molecule has 0 fully saturated rings. The Kier molecular flexibility index (Phi) is 3.68. The number of pyridine rings is 1. The van der Waals surface area contributed by atoms with Gasteiger partial charge in [0.15, 0.2) is 11.5 Å². The van der Waals surface area contributed by atoms with Crippen LogP contribution in [0.15, 0.2) is 22.7 Å². The van der Waals surface area contributed by atoms with Crippen LogP contribution in [0.5, 0.6) is 11.5 Å². The standard InChI is InChI=1S/C18H18N4O4/c1-8(2)12-4-10(16-9(3)22-26-18(16)21-12)17(23)20-13-6-15-14(5-11(13)19)24-7-25-15/h4-6,8H,7,19H2,1-3H3,(H,20,23). The molecule has 0 radical (unpaired) electrons. The first-order valence-corrected chi connectivity index (χ1v) is 8.21. The average molecular weight is 354 g/mol. The first-order chi connectivity index (χ1) is 12.4. The van der Waals surface area contributed by atoms with E-state index in [1.807, 2.05) is 13.8 Å². The fourth-order valence-electron chi connectivity index (χ4n) is 2.84. The third-order valence-electron chi connectivity index (χ3n) is 4.27. The number of hydrogen-bond acceptors (Lipinski definition) is 7. The van der Waals surface area contributed by atoms with Crippen molar-refractivity contribution in [1.29, 1.82) is 0 Å². The molecule has 134 valence electrons. The van der Waals surface area contributed by atoms with E-state index in [9.17, 15) is 4.79 Å². The monoisotopic (exact) mass is 354 g/mol. The Morgan fingerprint density at radius 3 is 2.69 bits per heavy atom. The van der Waals surface area contributed by atoms with Gasteiger partial charge in [-0.1, -0.05) is 19.0 Å². The summed E-state index contributed by atoms with van der Waals surface area (Å²) in [7, 11) is 0. The Morgan fingerprint density at radius 2 is 1.96 bits per heavy atom. The maximum Gasteiger partial charge on any atom is 0.259 e. The predicted octanol–water partition coefficient (Wildman–Crippen LogP) is 3.22. The van der Waals surface area contributed by atoms with Gasteiger partial charge in [-0.15, -0.1) is 0 Å². The van der Waals surface area contributed by atoms with E-state index in [1.54, 1.807) is 25.1 Å². The Balaban J connectivity index is 1.76. The van der Waals surface area contributed by atoms with Gasteiger partial charge in [-0.2, -0.15) is 0 Å². The summed E-state index contributed by atoms with van der Waals surface area (Å²) in [6, 6.07) is 5.04. The van der Waals surface area contributed by atoms with Crippen LogP contribution in [0.25, 0.3) is 11.1 Å². The van der Waals surface area contributed by atoms with Crippen molar-refractivity contribution in [1.82, 2.24) is 10.1 Å². The van der Waals surface area contributed by atoms with Gasteiger partial charge in [-0.25, -0.2) is 4.98 Å². The minimum absolute atomic E-state index is 0.131. The van der Waals surface area contributed by atoms with E-state index in [-0.39, 0.29) is 18.6 Å². The van der Waals surface area contributed by atoms with Crippen LogP contribution in [0.3, 0.4) is 0 Å². The summed E-state index contributed by atoms with van der Waals surface area (Å²) in [5.74, 6) is 0.908. The zero-order chi connectivity index (χ0) is 18.4. The van der Waals surface area contributed by atoms with Crippen molar-refractivity contribution in [3.05, 3.63) is 35.2 Å². The molecule has 8 heteroatoms. The summed E-state index contributed by atoms with van der Waals surface area (Å²) < 4.78 is 15.9. The number of fused-ring (bicyclic) bond motifs is 2. The Labute approximate surface area is 149 Å². The number of benzene rings is 1. The molecule has 0 spiro atoms. The lowest BCUT2D eigenvalue weighted by Gasteiger charge is -2.11. The van der Waals surface area contributed by atoms with Crippen LogP contribution in [0.2, 0.25) is 0 Å². The Hall–Kier alpha value is -3.29.